The number of alkyl halides is 3. The number of nitrogens with one attached hydrogen (secondary N) is 1. The van der Waals surface area contributed by atoms with Gasteiger partial charge in [0.05, 0.1) is 27.8 Å². The summed E-state index contributed by atoms with van der Waals surface area (Å²) in [6.07, 6.45) is -3.70. The number of anilines is 1. The molecule has 1 aromatic carbocycles. The van der Waals surface area contributed by atoms with Gasteiger partial charge in [-0.3, -0.25) is 9.78 Å². The SMILES string of the molecule is Nc1nc2ccc(C(=O)NCc3ccc(C(F)(F)F)cn3)cc2cc1Br. The first-order valence-corrected chi connectivity index (χ1v) is 8.19. The van der Waals surface area contributed by atoms with Crippen molar-refractivity contribution in [3.8, 4) is 0 Å². The van der Waals surface area contributed by atoms with E-state index >= 15 is 0 Å². The molecule has 3 rings (SSSR count). The van der Waals surface area contributed by atoms with Crippen LogP contribution in [-0.2, 0) is 12.7 Å². The Bertz CT molecular complexity index is 974. The number of carbonyl (C=O) groups is 1. The van der Waals surface area contributed by atoms with E-state index in [1.165, 1.54) is 6.07 Å². The monoisotopic (exact) mass is 424 g/mol. The van der Waals surface area contributed by atoms with Gasteiger partial charge in [0.1, 0.15) is 5.82 Å². The predicted octanol–water partition coefficient (Wildman–Crippen LogP) is 3.92. The predicted molar refractivity (Wildman–Crippen MR) is 94.3 cm³/mol. The molecule has 0 spiro atoms. The van der Waals surface area contributed by atoms with Gasteiger partial charge >= 0.3 is 6.18 Å². The van der Waals surface area contributed by atoms with Crippen LogP contribution in [0.2, 0.25) is 0 Å². The summed E-state index contributed by atoms with van der Waals surface area (Å²) in [4.78, 5) is 20.2. The minimum atomic E-state index is -4.44. The number of fused-ring (bicyclic) bond motifs is 1. The number of benzene rings is 1. The van der Waals surface area contributed by atoms with Gasteiger partial charge < -0.3 is 11.1 Å². The second-order valence-electron chi connectivity index (χ2n) is 5.48. The van der Waals surface area contributed by atoms with Gasteiger partial charge in [-0.15, -0.1) is 0 Å². The Labute approximate surface area is 154 Å². The molecular formula is C17H12BrF3N4O. The summed E-state index contributed by atoms with van der Waals surface area (Å²) in [7, 11) is 0. The maximum absolute atomic E-state index is 12.5. The van der Waals surface area contributed by atoms with Crippen molar-refractivity contribution in [2.45, 2.75) is 12.7 Å². The minimum Gasteiger partial charge on any atom is -0.383 e. The number of amides is 1. The topological polar surface area (TPSA) is 80.9 Å². The van der Waals surface area contributed by atoms with E-state index in [4.69, 9.17) is 5.73 Å². The maximum Gasteiger partial charge on any atom is 0.417 e. The molecule has 0 fully saturated rings. The number of nitrogens with zero attached hydrogens (tertiary/aromatic N) is 2. The number of carbonyl (C=O) groups excluding carboxylic acids is 1. The highest BCUT2D eigenvalue weighted by atomic mass is 79.9. The molecule has 0 bridgehead atoms. The van der Waals surface area contributed by atoms with Crippen LogP contribution >= 0.6 is 15.9 Å². The van der Waals surface area contributed by atoms with Gasteiger partial charge in [-0.25, -0.2) is 4.98 Å². The van der Waals surface area contributed by atoms with Gasteiger partial charge in [0, 0.05) is 17.1 Å². The first kappa shape index (κ1) is 18.1. The fraction of sp³-hybridized carbons (Fsp3) is 0.118. The van der Waals surface area contributed by atoms with Crippen LogP contribution in [0.25, 0.3) is 10.9 Å². The highest BCUT2D eigenvalue weighted by Crippen LogP contribution is 2.28. The van der Waals surface area contributed by atoms with Crippen molar-refractivity contribution in [1.29, 1.82) is 0 Å². The lowest BCUT2D eigenvalue weighted by molar-refractivity contribution is -0.137. The van der Waals surface area contributed by atoms with Crippen LogP contribution in [0.15, 0.2) is 47.1 Å². The molecule has 1 amide bonds. The lowest BCUT2D eigenvalue weighted by atomic mass is 10.1. The molecule has 0 radical (unpaired) electrons. The molecular weight excluding hydrogens is 413 g/mol. The Balaban J connectivity index is 1.72. The summed E-state index contributed by atoms with van der Waals surface area (Å²) in [6, 6.07) is 8.83. The van der Waals surface area contributed by atoms with Gasteiger partial charge in [-0.2, -0.15) is 13.2 Å². The third kappa shape index (κ3) is 3.93. The van der Waals surface area contributed by atoms with Gasteiger partial charge in [-0.1, -0.05) is 0 Å². The molecule has 0 saturated carbocycles. The smallest absolute Gasteiger partial charge is 0.383 e. The molecule has 5 nitrogen and oxygen atoms in total. The lowest BCUT2D eigenvalue weighted by Crippen LogP contribution is -2.23. The first-order chi connectivity index (χ1) is 12.2. The molecule has 0 atom stereocenters. The van der Waals surface area contributed by atoms with Crippen molar-refractivity contribution in [2.75, 3.05) is 5.73 Å². The average molecular weight is 425 g/mol. The Kier molecular flexibility index (Phi) is 4.82. The van der Waals surface area contributed by atoms with Crippen LogP contribution in [0, 0.1) is 0 Å². The van der Waals surface area contributed by atoms with Gasteiger partial charge in [0.15, 0.2) is 0 Å². The third-order valence-corrected chi connectivity index (χ3v) is 4.27. The molecule has 0 unspecified atom stereocenters. The molecule has 0 aliphatic rings. The Morgan fingerprint density at radius 3 is 2.62 bits per heavy atom. The van der Waals surface area contributed by atoms with Crippen molar-refractivity contribution in [3.63, 3.8) is 0 Å². The molecule has 0 aliphatic carbocycles. The number of rotatable bonds is 3. The number of hydrogen-bond acceptors (Lipinski definition) is 4. The third-order valence-electron chi connectivity index (χ3n) is 3.64. The van der Waals surface area contributed by atoms with Crippen molar-refractivity contribution in [3.05, 3.63) is 63.9 Å². The summed E-state index contributed by atoms with van der Waals surface area (Å²) in [5.74, 6) is -0.0235. The molecule has 3 aromatic rings. The van der Waals surface area contributed by atoms with Crippen molar-refractivity contribution >= 4 is 38.6 Å². The van der Waals surface area contributed by atoms with E-state index < -0.39 is 11.7 Å². The van der Waals surface area contributed by atoms with E-state index in [9.17, 15) is 18.0 Å². The van der Waals surface area contributed by atoms with Crippen LogP contribution in [0.3, 0.4) is 0 Å². The van der Waals surface area contributed by atoms with E-state index in [0.29, 0.717) is 27.1 Å². The fourth-order valence-corrected chi connectivity index (χ4v) is 2.61. The summed E-state index contributed by atoms with van der Waals surface area (Å²) >= 11 is 3.28. The van der Waals surface area contributed by atoms with Crippen molar-refractivity contribution < 1.29 is 18.0 Å². The number of pyridine rings is 2. The summed E-state index contributed by atoms with van der Waals surface area (Å²) < 4.78 is 38.2. The number of nitrogen functional groups attached to an aromatic ring is 1. The fourth-order valence-electron chi connectivity index (χ4n) is 2.28. The highest BCUT2D eigenvalue weighted by Gasteiger charge is 2.30. The van der Waals surface area contributed by atoms with Gasteiger partial charge in [0.25, 0.3) is 5.91 Å². The van der Waals surface area contributed by atoms with Crippen LogP contribution in [0.5, 0.6) is 0 Å². The van der Waals surface area contributed by atoms with Gasteiger partial charge in [0.2, 0.25) is 0 Å². The minimum absolute atomic E-state index is 0.0126. The van der Waals surface area contributed by atoms with Crippen molar-refractivity contribution in [2.24, 2.45) is 0 Å². The summed E-state index contributed by atoms with van der Waals surface area (Å²) in [5, 5.41) is 3.35. The Morgan fingerprint density at radius 1 is 1.19 bits per heavy atom. The second kappa shape index (κ2) is 6.91. The molecule has 9 heteroatoms. The zero-order valence-electron chi connectivity index (χ0n) is 13.1. The normalized spacial score (nSPS) is 11.5. The largest absolute Gasteiger partial charge is 0.417 e. The molecule has 26 heavy (non-hydrogen) atoms. The summed E-state index contributed by atoms with van der Waals surface area (Å²) in [5.41, 5.74) is 6.24. The van der Waals surface area contributed by atoms with E-state index in [1.54, 1.807) is 24.3 Å². The number of hydrogen-bond donors (Lipinski definition) is 2. The molecule has 0 aliphatic heterocycles. The van der Waals surface area contributed by atoms with Gasteiger partial charge in [-0.05, 0) is 52.3 Å². The van der Waals surface area contributed by atoms with Crippen LogP contribution in [0.4, 0.5) is 19.0 Å². The molecule has 134 valence electrons. The Morgan fingerprint density at radius 2 is 1.96 bits per heavy atom. The lowest BCUT2D eigenvalue weighted by Gasteiger charge is -2.09. The zero-order valence-corrected chi connectivity index (χ0v) is 14.7. The highest BCUT2D eigenvalue weighted by molar-refractivity contribution is 9.10. The number of nitrogens with two attached hydrogens (primary N) is 1. The Hall–Kier alpha value is -2.68. The molecule has 0 saturated heterocycles. The second-order valence-corrected chi connectivity index (χ2v) is 6.34. The van der Waals surface area contributed by atoms with Crippen LogP contribution in [0.1, 0.15) is 21.6 Å². The quantitative estimate of drug-likeness (QED) is 0.667. The zero-order chi connectivity index (χ0) is 18.9. The van der Waals surface area contributed by atoms with Crippen LogP contribution in [-0.4, -0.2) is 15.9 Å². The molecule has 3 N–H and O–H groups in total. The van der Waals surface area contributed by atoms with E-state index in [1.807, 2.05) is 0 Å². The number of halogens is 4. The van der Waals surface area contributed by atoms with Crippen molar-refractivity contribution in [1.82, 2.24) is 15.3 Å². The van der Waals surface area contributed by atoms with E-state index in [2.05, 4.69) is 31.2 Å². The number of aromatic nitrogens is 2. The maximum atomic E-state index is 12.5. The standard InChI is InChI=1S/C17H12BrF3N4O/c18-13-6-10-5-9(1-4-14(10)25-15(13)22)16(26)24-8-12-3-2-11(7-23-12)17(19,20)21/h1-7H,8H2,(H2,22,25)(H,24,26). The first-order valence-electron chi connectivity index (χ1n) is 7.40. The summed E-state index contributed by atoms with van der Waals surface area (Å²) in [6.45, 7) is 0.0126. The molecule has 2 heterocycles. The molecule has 2 aromatic heterocycles. The van der Waals surface area contributed by atoms with E-state index in [0.717, 1.165) is 17.6 Å². The average Bonchev–Trinajstić information content (AvgIpc) is 2.60. The van der Waals surface area contributed by atoms with E-state index in [-0.39, 0.29) is 12.5 Å². The van der Waals surface area contributed by atoms with Crippen LogP contribution < -0.4 is 11.1 Å².